The topological polar surface area (TPSA) is 95.5 Å². The molecule has 0 saturated carbocycles. The Balaban J connectivity index is 1.69. The van der Waals surface area contributed by atoms with Crippen LogP contribution in [-0.4, -0.2) is 54.1 Å². The van der Waals surface area contributed by atoms with Crippen LogP contribution in [0.1, 0.15) is 23.7 Å². The lowest BCUT2D eigenvalue weighted by Gasteiger charge is -2.40. The molecule has 2 aliphatic rings. The van der Waals surface area contributed by atoms with Crippen LogP contribution in [0.2, 0.25) is 0 Å². The number of alkyl halides is 2. The summed E-state index contributed by atoms with van der Waals surface area (Å²) in [6.07, 6.45) is 2.28. The van der Waals surface area contributed by atoms with Crippen LogP contribution in [0, 0.1) is 5.92 Å². The smallest absolute Gasteiger partial charge is 0.266 e. The number of halogens is 2. The fraction of sp³-hybridized carbons (Fsp3) is 0.318. The van der Waals surface area contributed by atoms with E-state index in [1.165, 1.54) is 17.1 Å². The molecule has 2 aromatic carbocycles. The predicted octanol–water partition coefficient (Wildman–Crippen LogP) is 2.93. The zero-order valence-electron chi connectivity index (χ0n) is 17.8. The van der Waals surface area contributed by atoms with E-state index in [2.05, 4.69) is 15.7 Å². The highest BCUT2D eigenvalue weighted by atomic mass is 19.3. The molecule has 168 valence electrons. The quantitative estimate of drug-likeness (QED) is 0.561. The molecule has 2 aliphatic heterocycles. The van der Waals surface area contributed by atoms with Crippen LogP contribution in [0.15, 0.2) is 58.4 Å². The number of methoxy groups -OCH3 is 1. The van der Waals surface area contributed by atoms with Crippen LogP contribution >= 0.6 is 0 Å². The Labute approximate surface area is 184 Å². The Morgan fingerprint density at radius 3 is 2.88 bits per heavy atom. The van der Waals surface area contributed by atoms with Gasteiger partial charge in [-0.1, -0.05) is 30.3 Å². The summed E-state index contributed by atoms with van der Waals surface area (Å²) in [5.74, 6) is -3.91. The molecule has 2 heterocycles. The van der Waals surface area contributed by atoms with Crippen molar-refractivity contribution in [3.63, 3.8) is 0 Å². The highest BCUT2D eigenvalue weighted by Crippen LogP contribution is 2.38. The summed E-state index contributed by atoms with van der Waals surface area (Å²) >= 11 is 0. The Morgan fingerprint density at radius 2 is 2.12 bits per heavy atom. The maximum absolute atomic E-state index is 14.8. The minimum atomic E-state index is -3.08. The number of fused-ring (bicyclic) bond motifs is 1. The maximum atomic E-state index is 14.8. The molecule has 1 saturated heterocycles. The maximum Gasteiger partial charge on any atom is 0.266 e. The molecule has 32 heavy (non-hydrogen) atoms. The number of allylic oxidation sites excluding steroid dienone is 1. The molecule has 0 bridgehead atoms. The number of carbonyl (C=O) groups excluding carboxylic acids is 1. The fourth-order valence-corrected chi connectivity index (χ4v) is 4.20. The van der Waals surface area contributed by atoms with Crippen LogP contribution in [0.25, 0.3) is 10.8 Å². The first-order valence-corrected chi connectivity index (χ1v) is 10.1. The van der Waals surface area contributed by atoms with E-state index in [1.54, 1.807) is 25.1 Å². The van der Waals surface area contributed by atoms with Crippen LogP contribution in [0.5, 0.6) is 5.75 Å². The van der Waals surface area contributed by atoms with Crippen LogP contribution < -0.4 is 16.0 Å². The van der Waals surface area contributed by atoms with Crippen molar-refractivity contribution in [2.75, 3.05) is 20.2 Å². The Morgan fingerprint density at radius 1 is 1.34 bits per heavy atom. The van der Waals surface area contributed by atoms with Crippen molar-refractivity contribution >= 4 is 28.7 Å². The molecule has 0 aromatic heterocycles. The average molecular weight is 442 g/mol. The van der Waals surface area contributed by atoms with Gasteiger partial charge in [-0.15, -0.1) is 5.10 Å². The normalized spacial score (nSPS) is 20.7. The number of hydrazone groups is 2. The van der Waals surface area contributed by atoms with E-state index in [0.29, 0.717) is 17.2 Å². The molecule has 1 fully saturated rings. The first-order chi connectivity index (χ1) is 15.3. The zero-order chi connectivity index (χ0) is 22.9. The molecule has 0 aliphatic carbocycles. The van der Waals surface area contributed by atoms with Crippen molar-refractivity contribution in [2.24, 2.45) is 21.9 Å². The van der Waals surface area contributed by atoms with E-state index in [9.17, 15) is 13.6 Å². The summed E-state index contributed by atoms with van der Waals surface area (Å²) < 4.78 is 35.1. The summed E-state index contributed by atoms with van der Waals surface area (Å²) in [7, 11) is 1.47. The molecule has 1 atom stereocenters. The van der Waals surface area contributed by atoms with Crippen LogP contribution in [0.3, 0.4) is 0 Å². The number of nitrogens with one attached hydrogen (secondary N) is 1. The van der Waals surface area contributed by atoms with Gasteiger partial charge in [-0.3, -0.25) is 4.79 Å². The first-order valence-electron chi connectivity index (χ1n) is 10.1. The number of likely N-dealkylation sites (tertiary alicyclic amines) is 1. The van der Waals surface area contributed by atoms with Gasteiger partial charge in [-0.05, 0) is 24.5 Å². The van der Waals surface area contributed by atoms with Crippen LogP contribution in [0.4, 0.5) is 8.78 Å². The molecule has 3 N–H and O–H groups in total. The number of amides is 1. The predicted molar refractivity (Wildman–Crippen MR) is 118 cm³/mol. The van der Waals surface area contributed by atoms with Gasteiger partial charge in [0.15, 0.2) is 0 Å². The molecule has 2 aromatic rings. The minimum absolute atomic E-state index is 0.0851. The van der Waals surface area contributed by atoms with Crippen molar-refractivity contribution in [2.45, 2.75) is 19.3 Å². The van der Waals surface area contributed by atoms with Gasteiger partial charge in [0.1, 0.15) is 12.1 Å². The number of hydrogen-bond acceptors (Lipinski definition) is 6. The summed E-state index contributed by atoms with van der Waals surface area (Å²) in [6, 6.07) is 10.9. The molecule has 0 radical (unpaired) electrons. The second-order valence-electron chi connectivity index (χ2n) is 7.81. The van der Waals surface area contributed by atoms with E-state index in [1.807, 2.05) is 24.3 Å². The molecule has 1 unspecified atom stereocenters. The number of benzene rings is 2. The molecular weight excluding hydrogens is 418 g/mol. The number of hydrogen-bond donors (Lipinski definition) is 2. The van der Waals surface area contributed by atoms with Gasteiger partial charge >= 0.3 is 0 Å². The van der Waals surface area contributed by atoms with Gasteiger partial charge in [0.25, 0.3) is 11.8 Å². The second-order valence-corrected chi connectivity index (χ2v) is 7.81. The monoisotopic (exact) mass is 442 g/mol. The second kappa shape index (κ2) is 8.45. The lowest BCUT2D eigenvalue weighted by atomic mass is 9.90. The minimum Gasteiger partial charge on any atom is -0.495 e. The highest BCUT2D eigenvalue weighted by Gasteiger charge is 2.45. The number of piperidine rings is 1. The summed E-state index contributed by atoms with van der Waals surface area (Å²) in [5, 5.41) is 10.9. The van der Waals surface area contributed by atoms with E-state index in [-0.39, 0.29) is 12.1 Å². The standard InChI is InChI=1S/C22H24F2N6O2/c1-14-9-19(30(26-13-25)28-27-14)16-10-22(23,24)12-29(11-16)21(31)18-8-7-15-5-3-4-6-17(15)20(18)32-2/h3-9,13,16,28H,10-12H2,1-2H3,(H2,25,26). The van der Waals surface area contributed by atoms with E-state index >= 15 is 0 Å². The van der Waals surface area contributed by atoms with Crippen LogP contribution in [-0.2, 0) is 0 Å². The number of nitrogens with two attached hydrogens (primary N) is 1. The lowest BCUT2D eigenvalue weighted by Crippen LogP contribution is -2.52. The van der Waals surface area contributed by atoms with E-state index < -0.39 is 30.7 Å². The third-order valence-electron chi connectivity index (χ3n) is 5.53. The third kappa shape index (κ3) is 4.08. The average Bonchev–Trinajstić information content (AvgIpc) is 2.78. The molecule has 1 amide bonds. The Bertz CT molecular complexity index is 1130. The van der Waals surface area contributed by atoms with Gasteiger partial charge in [0.2, 0.25) is 0 Å². The van der Waals surface area contributed by atoms with Gasteiger partial charge in [-0.2, -0.15) is 15.8 Å². The van der Waals surface area contributed by atoms with Crippen molar-refractivity contribution in [1.29, 1.82) is 0 Å². The number of nitrogens with zero attached hydrogens (tertiary/aromatic N) is 4. The number of rotatable bonds is 4. The molecule has 10 heteroatoms. The highest BCUT2D eigenvalue weighted by molar-refractivity contribution is 6.04. The van der Waals surface area contributed by atoms with Gasteiger partial charge in [0, 0.05) is 24.3 Å². The third-order valence-corrected chi connectivity index (χ3v) is 5.53. The fourth-order valence-electron chi connectivity index (χ4n) is 4.20. The number of ether oxygens (including phenoxy) is 1. The van der Waals surface area contributed by atoms with Gasteiger partial charge < -0.3 is 15.4 Å². The SMILES string of the molecule is COc1c(C(=O)N2CC(C3=CC(C)=NNN3/N=C\N)CC(F)(F)C2)ccc2ccccc12. The Hall–Kier alpha value is -3.69. The van der Waals surface area contributed by atoms with Crippen molar-refractivity contribution in [3.8, 4) is 5.75 Å². The summed E-state index contributed by atoms with van der Waals surface area (Å²) in [4.78, 5) is 14.6. The van der Waals surface area contributed by atoms with Crippen molar-refractivity contribution in [1.82, 2.24) is 15.6 Å². The summed E-state index contributed by atoms with van der Waals surface area (Å²) in [6.45, 7) is 1.15. The molecule has 0 spiro atoms. The number of carbonyl (C=O) groups is 1. The zero-order valence-corrected chi connectivity index (χ0v) is 17.8. The summed E-state index contributed by atoms with van der Waals surface area (Å²) in [5.41, 5.74) is 9.36. The lowest BCUT2D eigenvalue weighted by molar-refractivity contribution is -0.0740. The van der Waals surface area contributed by atoms with E-state index in [4.69, 9.17) is 10.5 Å². The van der Waals surface area contributed by atoms with Crippen molar-refractivity contribution < 1.29 is 18.3 Å². The first kappa shape index (κ1) is 21.5. The largest absolute Gasteiger partial charge is 0.495 e. The Kier molecular flexibility index (Phi) is 5.68. The molecular formula is C22H24F2N6O2. The molecule has 8 nitrogen and oxygen atoms in total. The van der Waals surface area contributed by atoms with E-state index in [0.717, 1.165) is 17.1 Å². The van der Waals surface area contributed by atoms with Crippen molar-refractivity contribution in [3.05, 3.63) is 53.7 Å². The van der Waals surface area contributed by atoms with Gasteiger partial charge in [-0.25, -0.2) is 8.78 Å². The number of hydrazine groups is 1. The molecule has 4 rings (SSSR count). The van der Waals surface area contributed by atoms with Gasteiger partial charge in [0.05, 0.1) is 30.6 Å².